The van der Waals surface area contributed by atoms with Crippen LogP contribution in [0.3, 0.4) is 0 Å². The lowest BCUT2D eigenvalue weighted by atomic mass is 9.96. The minimum atomic E-state index is 0.487. The van der Waals surface area contributed by atoms with E-state index < -0.39 is 0 Å². The Morgan fingerprint density at radius 2 is 1.86 bits per heavy atom. The third kappa shape index (κ3) is 5.16. The molecule has 8 nitrogen and oxygen atoms in total. The van der Waals surface area contributed by atoms with Crippen LogP contribution < -0.4 is 10.6 Å². The molecule has 1 aliphatic rings. The highest BCUT2D eigenvalue weighted by molar-refractivity contribution is 5.80. The van der Waals surface area contributed by atoms with Gasteiger partial charge in [0.1, 0.15) is 5.82 Å². The maximum atomic E-state index is 4.95. The van der Waals surface area contributed by atoms with Gasteiger partial charge in [0.2, 0.25) is 0 Å². The zero-order valence-corrected chi connectivity index (χ0v) is 18.6. The Bertz CT molecular complexity index is 826. The van der Waals surface area contributed by atoms with Crippen LogP contribution in [0.15, 0.2) is 4.99 Å². The van der Waals surface area contributed by atoms with E-state index in [4.69, 9.17) is 4.99 Å². The fourth-order valence-corrected chi connectivity index (χ4v) is 4.09. The maximum absolute atomic E-state index is 4.95. The third-order valence-electron chi connectivity index (χ3n) is 5.97. The molecule has 8 heteroatoms. The van der Waals surface area contributed by atoms with E-state index in [1.54, 1.807) is 0 Å². The van der Waals surface area contributed by atoms with Crippen molar-refractivity contribution in [3.05, 3.63) is 28.6 Å². The van der Waals surface area contributed by atoms with Gasteiger partial charge in [-0.1, -0.05) is 33.1 Å². The minimum Gasteiger partial charge on any atom is -0.354 e. The van der Waals surface area contributed by atoms with Gasteiger partial charge in [-0.2, -0.15) is 5.10 Å². The molecule has 0 unspecified atom stereocenters. The molecule has 0 atom stereocenters. The number of nitrogens with zero attached hydrogens (tertiary/aromatic N) is 6. The Morgan fingerprint density at radius 3 is 2.48 bits per heavy atom. The predicted octanol–water partition coefficient (Wildman–Crippen LogP) is 2.55. The summed E-state index contributed by atoms with van der Waals surface area (Å²) >= 11 is 0. The second-order valence-corrected chi connectivity index (χ2v) is 7.92. The fraction of sp³-hybridized carbons (Fsp3) is 0.714. The van der Waals surface area contributed by atoms with E-state index in [9.17, 15) is 0 Å². The Labute approximate surface area is 174 Å². The number of aromatic nitrogens is 5. The van der Waals surface area contributed by atoms with Crippen molar-refractivity contribution in [2.24, 2.45) is 19.1 Å². The van der Waals surface area contributed by atoms with Crippen molar-refractivity contribution in [3.8, 4) is 0 Å². The average Bonchev–Trinajstić information content (AvgIpc) is 3.22. The molecule has 0 saturated heterocycles. The van der Waals surface area contributed by atoms with Gasteiger partial charge in [-0.15, -0.1) is 10.2 Å². The van der Waals surface area contributed by atoms with Crippen LogP contribution in [-0.2, 0) is 40.0 Å². The number of hydrogen-bond acceptors (Lipinski definition) is 4. The maximum Gasteiger partial charge on any atom is 0.192 e. The van der Waals surface area contributed by atoms with Crippen LogP contribution in [0.5, 0.6) is 0 Å². The molecule has 1 fully saturated rings. The van der Waals surface area contributed by atoms with E-state index in [0.717, 1.165) is 36.1 Å². The first kappa shape index (κ1) is 21.3. The predicted molar refractivity (Wildman–Crippen MR) is 116 cm³/mol. The second-order valence-electron chi connectivity index (χ2n) is 7.92. The molecule has 2 heterocycles. The average molecular weight is 401 g/mol. The summed E-state index contributed by atoms with van der Waals surface area (Å²) < 4.78 is 4.02. The number of aliphatic imine (C=N–C) groups is 1. The molecule has 1 saturated carbocycles. The first-order valence-corrected chi connectivity index (χ1v) is 11.0. The number of rotatable bonds is 7. The molecule has 1 aliphatic carbocycles. The van der Waals surface area contributed by atoms with E-state index in [-0.39, 0.29) is 0 Å². The van der Waals surface area contributed by atoms with Crippen molar-refractivity contribution >= 4 is 5.96 Å². The first-order valence-electron chi connectivity index (χ1n) is 11.0. The third-order valence-corrected chi connectivity index (χ3v) is 5.97. The molecular formula is C21H36N8. The summed E-state index contributed by atoms with van der Waals surface area (Å²) in [5.41, 5.74) is 3.68. The lowest BCUT2D eigenvalue weighted by Crippen LogP contribution is -2.44. The molecule has 0 bridgehead atoms. The van der Waals surface area contributed by atoms with Gasteiger partial charge in [-0.05, 0) is 32.6 Å². The smallest absolute Gasteiger partial charge is 0.192 e. The number of nitrogens with one attached hydrogen (secondary N) is 2. The Kier molecular flexibility index (Phi) is 7.28. The molecule has 0 radical (unpaired) electrons. The van der Waals surface area contributed by atoms with Gasteiger partial charge in [0, 0.05) is 31.4 Å². The van der Waals surface area contributed by atoms with Gasteiger partial charge in [-0.3, -0.25) is 4.68 Å². The van der Waals surface area contributed by atoms with Gasteiger partial charge in [0.25, 0.3) is 0 Å². The van der Waals surface area contributed by atoms with Gasteiger partial charge in [-0.25, -0.2) is 4.99 Å². The first-order chi connectivity index (χ1) is 14.0. The summed E-state index contributed by atoms with van der Waals surface area (Å²) in [6.07, 6.45) is 8.22. The number of hydrogen-bond donors (Lipinski definition) is 2. The summed E-state index contributed by atoms with van der Waals surface area (Å²) in [5.74, 6) is 2.67. The monoisotopic (exact) mass is 400 g/mol. The molecule has 2 aromatic heterocycles. The van der Waals surface area contributed by atoms with Crippen LogP contribution in [0.1, 0.15) is 74.6 Å². The molecule has 0 aromatic carbocycles. The Morgan fingerprint density at radius 1 is 1.10 bits per heavy atom. The highest BCUT2D eigenvalue weighted by Gasteiger charge is 2.17. The van der Waals surface area contributed by atoms with E-state index >= 15 is 0 Å². The second kappa shape index (κ2) is 9.89. The topological polar surface area (TPSA) is 85.0 Å². The molecule has 0 spiro atoms. The van der Waals surface area contributed by atoms with Crippen molar-refractivity contribution in [3.63, 3.8) is 0 Å². The van der Waals surface area contributed by atoms with E-state index in [2.05, 4.69) is 39.8 Å². The Hall–Kier alpha value is -2.38. The zero-order chi connectivity index (χ0) is 20.8. The largest absolute Gasteiger partial charge is 0.354 e. The van der Waals surface area contributed by atoms with Gasteiger partial charge in [0.15, 0.2) is 11.8 Å². The molecular weight excluding hydrogens is 364 g/mol. The van der Waals surface area contributed by atoms with E-state index in [0.29, 0.717) is 19.1 Å². The normalized spacial score (nSPS) is 15.7. The van der Waals surface area contributed by atoms with Crippen molar-refractivity contribution in [1.29, 1.82) is 0 Å². The van der Waals surface area contributed by atoms with Crippen molar-refractivity contribution in [2.45, 2.75) is 84.8 Å². The van der Waals surface area contributed by atoms with E-state index in [1.165, 1.54) is 43.4 Å². The summed E-state index contributed by atoms with van der Waals surface area (Å²) in [6, 6.07) is 0.487. The minimum absolute atomic E-state index is 0.487. The van der Waals surface area contributed by atoms with E-state index in [1.807, 2.05) is 30.3 Å². The SMILES string of the molecule is CCc1nn(C)c(CC)c1CN=C(NCc1nnc(C)n1C)NC1CCCCC1. The summed E-state index contributed by atoms with van der Waals surface area (Å²) in [6.45, 7) is 7.54. The fourth-order valence-electron chi connectivity index (χ4n) is 4.09. The van der Waals surface area contributed by atoms with Crippen molar-refractivity contribution < 1.29 is 0 Å². The standard InChI is InChI=1S/C21H36N8/c1-6-18-17(19(7-2)29(5)27-18)13-22-21(24-16-11-9-8-10-12-16)23-14-20-26-25-15(3)28(20)4/h16H,6-14H2,1-5H3,(H2,22,23,24). The van der Waals surface area contributed by atoms with Crippen molar-refractivity contribution in [2.75, 3.05) is 0 Å². The summed E-state index contributed by atoms with van der Waals surface area (Å²) in [7, 11) is 4.02. The number of guanidine groups is 1. The quantitative estimate of drug-likeness (QED) is 0.551. The molecule has 3 rings (SSSR count). The van der Waals surface area contributed by atoms with Crippen LogP contribution in [0.2, 0.25) is 0 Å². The lowest BCUT2D eigenvalue weighted by Gasteiger charge is -2.25. The van der Waals surface area contributed by atoms with Gasteiger partial charge < -0.3 is 15.2 Å². The molecule has 2 aromatic rings. The molecule has 2 N–H and O–H groups in total. The van der Waals surface area contributed by atoms with Crippen LogP contribution in [0.25, 0.3) is 0 Å². The molecule has 0 amide bonds. The Balaban J connectivity index is 1.77. The number of aryl methyl sites for hydroxylation is 3. The van der Waals surface area contributed by atoms with Gasteiger partial charge >= 0.3 is 0 Å². The molecule has 0 aliphatic heterocycles. The molecule has 29 heavy (non-hydrogen) atoms. The van der Waals surface area contributed by atoms with Gasteiger partial charge in [0.05, 0.1) is 18.8 Å². The summed E-state index contributed by atoms with van der Waals surface area (Å²) in [5, 5.41) is 20.2. The highest BCUT2D eigenvalue weighted by atomic mass is 15.3. The summed E-state index contributed by atoms with van der Waals surface area (Å²) in [4.78, 5) is 4.95. The highest BCUT2D eigenvalue weighted by Crippen LogP contribution is 2.18. The molecule has 160 valence electrons. The van der Waals surface area contributed by atoms with Crippen LogP contribution in [0, 0.1) is 6.92 Å². The zero-order valence-electron chi connectivity index (χ0n) is 18.6. The lowest BCUT2D eigenvalue weighted by molar-refractivity contribution is 0.409. The van der Waals surface area contributed by atoms with Crippen LogP contribution in [0.4, 0.5) is 0 Å². The van der Waals surface area contributed by atoms with Crippen molar-refractivity contribution in [1.82, 2.24) is 35.2 Å². The van der Waals surface area contributed by atoms with Crippen LogP contribution >= 0.6 is 0 Å². The van der Waals surface area contributed by atoms with Crippen LogP contribution in [-0.4, -0.2) is 36.5 Å².